The minimum Gasteiger partial charge on any atom is -0.481 e. The molecule has 0 aliphatic heterocycles. The van der Waals surface area contributed by atoms with Gasteiger partial charge in [0.05, 0.1) is 11.8 Å². The Labute approximate surface area is 121 Å². The standard InChI is InChI=1S/C16H28O4/c1-3-5-9-16(10-6-4-2)11-12(14(17)18)7-8-13(16)15(19)20/h12-13H,3-11H2,1-2H3,(H,17,18)(H,19,20). The predicted octanol–water partition coefficient (Wildman–Crippen LogP) is 3.94. The lowest BCUT2D eigenvalue weighted by Gasteiger charge is -2.45. The Morgan fingerprint density at radius 2 is 1.55 bits per heavy atom. The van der Waals surface area contributed by atoms with Crippen LogP contribution in [0.25, 0.3) is 0 Å². The lowest BCUT2D eigenvalue weighted by Crippen LogP contribution is -2.43. The summed E-state index contributed by atoms with van der Waals surface area (Å²) in [7, 11) is 0. The maximum atomic E-state index is 11.6. The summed E-state index contributed by atoms with van der Waals surface area (Å²) in [6, 6.07) is 0. The first-order chi connectivity index (χ1) is 9.46. The van der Waals surface area contributed by atoms with Gasteiger partial charge in [-0.3, -0.25) is 9.59 Å². The molecule has 1 aliphatic rings. The first-order valence-electron chi connectivity index (χ1n) is 7.92. The van der Waals surface area contributed by atoms with Crippen molar-refractivity contribution in [1.82, 2.24) is 0 Å². The van der Waals surface area contributed by atoms with Crippen LogP contribution in [0.1, 0.15) is 71.6 Å². The highest BCUT2D eigenvalue weighted by molar-refractivity contribution is 5.74. The van der Waals surface area contributed by atoms with Gasteiger partial charge in [-0.25, -0.2) is 0 Å². The Hall–Kier alpha value is -1.06. The molecule has 0 aromatic carbocycles. The molecular weight excluding hydrogens is 256 g/mol. The molecular formula is C16H28O4. The summed E-state index contributed by atoms with van der Waals surface area (Å²) in [6.45, 7) is 4.20. The molecule has 2 unspecified atom stereocenters. The number of unbranched alkanes of at least 4 members (excludes halogenated alkanes) is 2. The number of hydrogen-bond acceptors (Lipinski definition) is 2. The van der Waals surface area contributed by atoms with Crippen molar-refractivity contribution in [3.63, 3.8) is 0 Å². The quantitative estimate of drug-likeness (QED) is 0.708. The van der Waals surface area contributed by atoms with Crippen molar-refractivity contribution in [3.8, 4) is 0 Å². The smallest absolute Gasteiger partial charge is 0.307 e. The van der Waals surface area contributed by atoms with Crippen LogP contribution in [0.4, 0.5) is 0 Å². The number of carboxylic acid groups (broad SMARTS) is 2. The Bertz CT molecular complexity index is 329. The number of hydrogen-bond donors (Lipinski definition) is 2. The van der Waals surface area contributed by atoms with Crippen molar-refractivity contribution in [2.75, 3.05) is 0 Å². The van der Waals surface area contributed by atoms with Crippen molar-refractivity contribution in [1.29, 1.82) is 0 Å². The second kappa shape index (κ2) is 7.65. The van der Waals surface area contributed by atoms with Gasteiger partial charge in [-0.2, -0.15) is 0 Å². The third-order valence-corrected chi connectivity index (χ3v) is 4.90. The fourth-order valence-corrected chi connectivity index (χ4v) is 3.74. The lowest BCUT2D eigenvalue weighted by atomic mass is 9.58. The molecule has 2 atom stereocenters. The lowest BCUT2D eigenvalue weighted by molar-refractivity contribution is -0.157. The van der Waals surface area contributed by atoms with E-state index in [-0.39, 0.29) is 17.3 Å². The van der Waals surface area contributed by atoms with Crippen LogP contribution in [0.2, 0.25) is 0 Å². The van der Waals surface area contributed by atoms with Gasteiger partial charge in [0.25, 0.3) is 0 Å². The average molecular weight is 284 g/mol. The van der Waals surface area contributed by atoms with E-state index in [0.29, 0.717) is 19.3 Å². The zero-order chi connectivity index (χ0) is 15.2. The van der Waals surface area contributed by atoms with Gasteiger partial charge in [-0.05, 0) is 37.5 Å². The van der Waals surface area contributed by atoms with Gasteiger partial charge in [-0.15, -0.1) is 0 Å². The first-order valence-corrected chi connectivity index (χ1v) is 7.92. The fourth-order valence-electron chi connectivity index (χ4n) is 3.74. The van der Waals surface area contributed by atoms with Crippen molar-refractivity contribution in [2.24, 2.45) is 17.3 Å². The van der Waals surface area contributed by atoms with Crippen LogP contribution in [0.5, 0.6) is 0 Å². The number of rotatable bonds is 8. The molecule has 0 bridgehead atoms. The summed E-state index contributed by atoms with van der Waals surface area (Å²) >= 11 is 0. The van der Waals surface area contributed by atoms with E-state index in [2.05, 4.69) is 13.8 Å². The molecule has 0 saturated heterocycles. The zero-order valence-corrected chi connectivity index (χ0v) is 12.7. The third-order valence-electron chi connectivity index (χ3n) is 4.90. The summed E-state index contributed by atoms with van der Waals surface area (Å²) < 4.78 is 0. The molecule has 20 heavy (non-hydrogen) atoms. The van der Waals surface area contributed by atoms with E-state index in [0.717, 1.165) is 38.5 Å². The van der Waals surface area contributed by atoms with Crippen LogP contribution in [0, 0.1) is 17.3 Å². The van der Waals surface area contributed by atoms with E-state index in [4.69, 9.17) is 0 Å². The molecule has 0 radical (unpaired) electrons. The molecule has 1 saturated carbocycles. The molecule has 0 aromatic heterocycles. The highest BCUT2D eigenvalue weighted by Crippen LogP contribution is 2.50. The van der Waals surface area contributed by atoms with E-state index in [1.807, 2.05) is 0 Å². The molecule has 2 N–H and O–H groups in total. The summed E-state index contributed by atoms with van der Waals surface area (Å²) in [5.74, 6) is -2.22. The molecule has 0 amide bonds. The highest BCUT2D eigenvalue weighted by atomic mass is 16.4. The summed E-state index contributed by atoms with van der Waals surface area (Å²) in [4.78, 5) is 22.9. The fraction of sp³-hybridized carbons (Fsp3) is 0.875. The second-order valence-electron chi connectivity index (χ2n) is 6.28. The second-order valence-corrected chi connectivity index (χ2v) is 6.28. The van der Waals surface area contributed by atoms with Crippen molar-refractivity contribution >= 4 is 11.9 Å². The average Bonchev–Trinajstić information content (AvgIpc) is 2.42. The van der Waals surface area contributed by atoms with Crippen molar-refractivity contribution in [2.45, 2.75) is 71.6 Å². The van der Waals surface area contributed by atoms with Gasteiger partial charge in [0, 0.05) is 0 Å². The molecule has 0 spiro atoms. The van der Waals surface area contributed by atoms with Crippen molar-refractivity contribution < 1.29 is 19.8 Å². The van der Waals surface area contributed by atoms with Crippen molar-refractivity contribution in [3.05, 3.63) is 0 Å². The van der Waals surface area contributed by atoms with E-state index >= 15 is 0 Å². The first kappa shape index (κ1) is 17.0. The van der Waals surface area contributed by atoms with E-state index in [9.17, 15) is 19.8 Å². The van der Waals surface area contributed by atoms with Crippen LogP contribution >= 0.6 is 0 Å². The maximum Gasteiger partial charge on any atom is 0.307 e. The predicted molar refractivity (Wildman–Crippen MR) is 77.6 cm³/mol. The monoisotopic (exact) mass is 284 g/mol. The minimum absolute atomic E-state index is 0.306. The molecule has 1 rings (SSSR count). The van der Waals surface area contributed by atoms with E-state index in [1.54, 1.807) is 0 Å². The molecule has 4 nitrogen and oxygen atoms in total. The Morgan fingerprint density at radius 1 is 1.00 bits per heavy atom. The van der Waals surface area contributed by atoms with E-state index < -0.39 is 11.9 Å². The summed E-state index contributed by atoms with van der Waals surface area (Å²) in [5.41, 5.74) is -0.306. The molecule has 1 fully saturated rings. The van der Waals surface area contributed by atoms with E-state index in [1.165, 1.54) is 0 Å². The molecule has 1 aliphatic carbocycles. The van der Waals surface area contributed by atoms with Gasteiger partial charge in [0.2, 0.25) is 0 Å². The normalized spacial score (nSPS) is 25.3. The largest absolute Gasteiger partial charge is 0.481 e. The van der Waals surface area contributed by atoms with Gasteiger partial charge < -0.3 is 10.2 Å². The molecule has 4 heteroatoms. The van der Waals surface area contributed by atoms with Crippen LogP contribution in [0.3, 0.4) is 0 Å². The maximum absolute atomic E-state index is 11.6. The molecule has 0 aromatic rings. The Balaban J connectivity index is 2.98. The third kappa shape index (κ3) is 3.97. The summed E-state index contributed by atoms with van der Waals surface area (Å²) in [5, 5.41) is 18.8. The van der Waals surface area contributed by atoms with Gasteiger partial charge >= 0.3 is 11.9 Å². The van der Waals surface area contributed by atoms with Crippen LogP contribution in [-0.4, -0.2) is 22.2 Å². The highest BCUT2D eigenvalue weighted by Gasteiger charge is 2.47. The number of aliphatic carboxylic acids is 2. The molecule has 116 valence electrons. The van der Waals surface area contributed by atoms with Crippen LogP contribution in [0.15, 0.2) is 0 Å². The number of carbonyl (C=O) groups is 2. The SMILES string of the molecule is CCCCC1(CCCC)CC(C(=O)O)CCC1C(=O)O. The van der Waals surface area contributed by atoms with Crippen LogP contribution in [-0.2, 0) is 9.59 Å². The Kier molecular flexibility index (Phi) is 6.50. The zero-order valence-electron chi connectivity index (χ0n) is 12.7. The van der Waals surface area contributed by atoms with Gasteiger partial charge in [-0.1, -0.05) is 39.5 Å². The minimum atomic E-state index is -0.758. The van der Waals surface area contributed by atoms with Crippen LogP contribution < -0.4 is 0 Å². The number of carboxylic acids is 2. The topological polar surface area (TPSA) is 74.6 Å². The van der Waals surface area contributed by atoms with Gasteiger partial charge in [0.15, 0.2) is 0 Å². The summed E-state index contributed by atoms with van der Waals surface area (Å²) in [6.07, 6.45) is 7.29. The Morgan fingerprint density at radius 3 is 1.95 bits per heavy atom. The van der Waals surface area contributed by atoms with Gasteiger partial charge in [0.1, 0.15) is 0 Å². The molecule has 0 heterocycles.